The summed E-state index contributed by atoms with van der Waals surface area (Å²) in [4.78, 5) is 23.2. The molecule has 0 saturated heterocycles. The van der Waals surface area contributed by atoms with Gasteiger partial charge in [-0.2, -0.15) is 0 Å². The van der Waals surface area contributed by atoms with Crippen LogP contribution in [0.5, 0.6) is 0 Å². The van der Waals surface area contributed by atoms with Gasteiger partial charge in [-0.05, 0) is 44.0 Å². The van der Waals surface area contributed by atoms with Crippen molar-refractivity contribution in [3.63, 3.8) is 0 Å². The number of nitrogens with one attached hydrogen (secondary N) is 2. The van der Waals surface area contributed by atoms with Crippen LogP contribution in [0.1, 0.15) is 34.1 Å². The number of hydrogen-bond acceptors (Lipinski definition) is 2. The first-order valence-corrected chi connectivity index (χ1v) is 6.72. The monoisotopic (exact) mass is 274 g/mol. The van der Waals surface area contributed by atoms with Gasteiger partial charge in [0.2, 0.25) is 11.8 Å². The van der Waals surface area contributed by atoms with Crippen molar-refractivity contribution in [1.82, 2.24) is 0 Å². The minimum Gasteiger partial charge on any atom is -0.326 e. The number of benzene rings is 1. The van der Waals surface area contributed by atoms with Crippen molar-refractivity contribution in [1.29, 1.82) is 0 Å². The highest BCUT2D eigenvalue weighted by molar-refractivity contribution is 6.00. The second kappa shape index (κ2) is 7.48. The van der Waals surface area contributed by atoms with Gasteiger partial charge in [0.05, 0.1) is 0 Å². The standard InChI is InChI=1S/C16H22N2O2/c1-11(2)9-15(19)17-13-5-7-14(8-6-13)18-16(20)10-12(3)4/h5-9,12H,10H2,1-4H3,(H,17,19)(H,18,20). The molecule has 0 atom stereocenters. The first-order valence-electron chi connectivity index (χ1n) is 6.72. The smallest absolute Gasteiger partial charge is 0.248 e. The Morgan fingerprint density at radius 3 is 2.00 bits per heavy atom. The first kappa shape index (κ1) is 16.0. The van der Waals surface area contributed by atoms with E-state index in [9.17, 15) is 9.59 Å². The third kappa shape index (κ3) is 6.18. The number of amides is 2. The second-order valence-corrected chi connectivity index (χ2v) is 5.43. The first-order chi connectivity index (χ1) is 9.36. The van der Waals surface area contributed by atoms with E-state index in [0.29, 0.717) is 18.0 Å². The Bertz CT molecular complexity index is 498. The summed E-state index contributed by atoms with van der Waals surface area (Å²) in [7, 11) is 0. The molecule has 0 aliphatic rings. The molecule has 4 nitrogen and oxygen atoms in total. The molecule has 0 fully saturated rings. The van der Waals surface area contributed by atoms with Crippen LogP contribution < -0.4 is 10.6 Å². The SMILES string of the molecule is CC(C)=CC(=O)Nc1ccc(NC(=O)CC(C)C)cc1. The molecule has 1 aromatic carbocycles. The van der Waals surface area contributed by atoms with Crippen molar-refractivity contribution < 1.29 is 9.59 Å². The normalized spacial score (nSPS) is 10.1. The predicted molar refractivity (Wildman–Crippen MR) is 82.6 cm³/mol. The fraction of sp³-hybridized carbons (Fsp3) is 0.375. The molecule has 0 aliphatic carbocycles. The van der Waals surface area contributed by atoms with Crippen LogP contribution in [0.15, 0.2) is 35.9 Å². The summed E-state index contributed by atoms with van der Waals surface area (Å²) in [5.41, 5.74) is 2.38. The number of anilines is 2. The number of rotatable bonds is 5. The molecule has 0 bridgehead atoms. The van der Waals surface area contributed by atoms with Crippen molar-refractivity contribution in [3.8, 4) is 0 Å². The van der Waals surface area contributed by atoms with Gasteiger partial charge in [-0.3, -0.25) is 9.59 Å². The van der Waals surface area contributed by atoms with Crippen molar-refractivity contribution in [2.24, 2.45) is 5.92 Å². The van der Waals surface area contributed by atoms with Gasteiger partial charge in [0.15, 0.2) is 0 Å². The zero-order valence-corrected chi connectivity index (χ0v) is 12.5. The summed E-state index contributed by atoms with van der Waals surface area (Å²) in [6.07, 6.45) is 2.04. The summed E-state index contributed by atoms with van der Waals surface area (Å²) in [6.45, 7) is 7.74. The molecule has 1 aromatic rings. The Hall–Kier alpha value is -2.10. The molecule has 0 saturated carbocycles. The van der Waals surface area contributed by atoms with E-state index in [4.69, 9.17) is 0 Å². The van der Waals surface area contributed by atoms with Gasteiger partial charge in [-0.1, -0.05) is 19.4 Å². The maximum Gasteiger partial charge on any atom is 0.248 e. The fourth-order valence-electron chi connectivity index (χ4n) is 1.66. The number of allylic oxidation sites excluding steroid dienone is 1. The molecule has 2 N–H and O–H groups in total. The zero-order valence-electron chi connectivity index (χ0n) is 12.5. The fourth-order valence-corrected chi connectivity index (χ4v) is 1.66. The van der Waals surface area contributed by atoms with Crippen molar-refractivity contribution >= 4 is 23.2 Å². The van der Waals surface area contributed by atoms with Crippen LogP contribution in [-0.4, -0.2) is 11.8 Å². The second-order valence-electron chi connectivity index (χ2n) is 5.43. The van der Waals surface area contributed by atoms with Crippen molar-refractivity contribution in [3.05, 3.63) is 35.9 Å². The molecule has 0 radical (unpaired) electrons. The minimum atomic E-state index is -0.151. The molecule has 0 aliphatic heterocycles. The lowest BCUT2D eigenvalue weighted by Gasteiger charge is -2.08. The average Bonchev–Trinajstić information content (AvgIpc) is 2.29. The van der Waals surface area contributed by atoms with Gasteiger partial charge in [-0.25, -0.2) is 0 Å². The molecule has 1 rings (SSSR count). The van der Waals surface area contributed by atoms with E-state index in [1.807, 2.05) is 27.7 Å². The van der Waals surface area contributed by atoms with E-state index in [0.717, 1.165) is 11.3 Å². The molecular formula is C16H22N2O2. The Labute approximate surface area is 120 Å². The maximum atomic E-state index is 11.6. The van der Waals surface area contributed by atoms with E-state index in [1.165, 1.54) is 0 Å². The lowest BCUT2D eigenvalue weighted by atomic mass is 10.1. The maximum absolute atomic E-state index is 11.6. The van der Waals surface area contributed by atoms with Crippen LogP contribution in [0.4, 0.5) is 11.4 Å². The quantitative estimate of drug-likeness (QED) is 0.806. The third-order valence-corrected chi connectivity index (χ3v) is 2.45. The van der Waals surface area contributed by atoms with Crippen molar-refractivity contribution in [2.75, 3.05) is 10.6 Å². The third-order valence-electron chi connectivity index (χ3n) is 2.45. The van der Waals surface area contributed by atoms with Crippen LogP contribution in [0.3, 0.4) is 0 Å². The number of hydrogen-bond donors (Lipinski definition) is 2. The lowest BCUT2D eigenvalue weighted by molar-refractivity contribution is -0.117. The molecular weight excluding hydrogens is 252 g/mol. The van der Waals surface area contributed by atoms with E-state index in [-0.39, 0.29) is 11.8 Å². The molecule has 0 spiro atoms. The Morgan fingerprint density at radius 2 is 1.55 bits per heavy atom. The van der Waals surface area contributed by atoms with Gasteiger partial charge in [-0.15, -0.1) is 0 Å². The summed E-state index contributed by atoms with van der Waals surface area (Å²) < 4.78 is 0. The van der Waals surface area contributed by atoms with E-state index in [1.54, 1.807) is 30.3 Å². The molecule has 4 heteroatoms. The zero-order chi connectivity index (χ0) is 15.1. The Morgan fingerprint density at radius 1 is 1.05 bits per heavy atom. The van der Waals surface area contributed by atoms with E-state index >= 15 is 0 Å². The van der Waals surface area contributed by atoms with Crippen LogP contribution >= 0.6 is 0 Å². The largest absolute Gasteiger partial charge is 0.326 e. The summed E-state index contributed by atoms with van der Waals surface area (Å²) in [5.74, 6) is 0.181. The van der Waals surface area contributed by atoms with E-state index in [2.05, 4.69) is 10.6 Å². The highest BCUT2D eigenvalue weighted by Gasteiger charge is 2.05. The predicted octanol–water partition coefficient (Wildman–Crippen LogP) is 3.58. The average molecular weight is 274 g/mol. The van der Waals surface area contributed by atoms with E-state index < -0.39 is 0 Å². The summed E-state index contributed by atoms with van der Waals surface area (Å²) in [6, 6.07) is 7.08. The minimum absolute atomic E-state index is 0.00123. The van der Waals surface area contributed by atoms with Gasteiger partial charge in [0.1, 0.15) is 0 Å². The lowest BCUT2D eigenvalue weighted by Crippen LogP contribution is -2.14. The van der Waals surface area contributed by atoms with Crippen LogP contribution in [0, 0.1) is 5.92 Å². The molecule has 0 unspecified atom stereocenters. The Kier molecular flexibility index (Phi) is 5.97. The summed E-state index contributed by atoms with van der Waals surface area (Å²) >= 11 is 0. The van der Waals surface area contributed by atoms with Crippen LogP contribution in [-0.2, 0) is 9.59 Å². The number of carbonyl (C=O) groups excluding carboxylic acids is 2. The number of carbonyl (C=O) groups is 2. The Balaban J connectivity index is 2.58. The molecule has 108 valence electrons. The molecule has 0 heterocycles. The topological polar surface area (TPSA) is 58.2 Å². The molecule has 20 heavy (non-hydrogen) atoms. The summed E-state index contributed by atoms with van der Waals surface area (Å²) in [5, 5.41) is 5.58. The van der Waals surface area contributed by atoms with Gasteiger partial charge < -0.3 is 10.6 Å². The van der Waals surface area contributed by atoms with Crippen LogP contribution in [0.2, 0.25) is 0 Å². The highest BCUT2D eigenvalue weighted by atomic mass is 16.2. The van der Waals surface area contributed by atoms with Gasteiger partial charge in [0.25, 0.3) is 0 Å². The highest BCUT2D eigenvalue weighted by Crippen LogP contribution is 2.14. The van der Waals surface area contributed by atoms with Crippen molar-refractivity contribution in [2.45, 2.75) is 34.1 Å². The van der Waals surface area contributed by atoms with Gasteiger partial charge >= 0.3 is 0 Å². The molecule has 2 amide bonds. The van der Waals surface area contributed by atoms with Gasteiger partial charge in [0, 0.05) is 23.9 Å². The van der Waals surface area contributed by atoms with Crippen LogP contribution in [0.25, 0.3) is 0 Å². The molecule has 0 aromatic heterocycles.